The lowest BCUT2D eigenvalue weighted by molar-refractivity contribution is -0.151. The molecule has 0 heterocycles. The number of benzene rings is 2. The first kappa shape index (κ1) is 22.0. The van der Waals surface area contributed by atoms with Gasteiger partial charge in [0.15, 0.2) is 6.61 Å². The Hall–Kier alpha value is -2.30. The van der Waals surface area contributed by atoms with E-state index in [0.717, 1.165) is 5.56 Å². The fourth-order valence-electron chi connectivity index (χ4n) is 2.52. The molecule has 2 aromatic rings. The van der Waals surface area contributed by atoms with Crippen molar-refractivity contribution in [1.82, 2.24) is 4.90 Å². The molecule has 0 radical (unpaired) electrons. The van der Waals surface area contributed by atoms with Gasteiger partial charge in [0.25, 0.3) is 5.91 Å². The smallest absolute Gasteiger partial charge is 0.331 e. The van der Waals surface area contributed by atoms with E-state index >= 15 is 0 Å². The molecule has 4 nitrogen and oxygen atoms in total. The van der Waals surface area contributed by atoms with Crippen LogP contribution in [0.15, 0.2) is 54.6 Å². The molecule has 2 rings (SSSR count). The summed E-state index contributed by atoms with van der Waals surface area (Å²) in [6, 6.07) is 14.6. The molecule has 0 saturated heterocycles. The van der Waals surface area contributed by atoms with Crippen LogP contribution in [-0.2, 0) is 20.9 Å². The summed E-state index contributed by atoms with van der Waals surface area (Å²) in [6.45, 7) is 5.94. The average Bonchev–Trinajstić information content (AvgIpc) is 2.63. The van der Waals surface area contributed by atoms with E-state index in [4.69, 9.17) is 27.9 Å². The van der Waals surface area contributed by atoms with Gasteiger partial charge in [-0.05, 0) is 50.1 Å². The molecule has 0 fully saturated rings. The van der Waals surface area contributed by atoms with Crippen LogP contribution in [0.1, 0.15) is 31.9 Å². The van der Waals surface area contributed by atoms with E-state index in [2.05, 4.69) is 0 Å². The maximum absolute atomic E-state index is 12.7. The molecular formula is C22H23Cl2NO3. The standard InChI is InChI=1S/C22H23Cl2NO3/c1-22(2,3)25(14-16-7-5-4-6-8-16)20(26)15-28-21(27)12-10-17-9-11-18(23)13-19(17)24/h4-13H,14-15H2,1-3H3. The van der Waals surface area contributed by atoms with Gasteiger partial charge in [-0.15, -0.1) is 0 Å². The zero-order valence-corrected chi connectivity index (χ0v) is 17.6. The summed E-state index contributed by atoms with van der Waals surface area (Å²) in [7, 11) is 0. The van der Waals surface area contributed by atoms with Gasteiger partial charge in [0.1, 0.15) is 0 Å². The molecule has 148 valence electrons. The summed E-state index contributed by atoms with van der Waals surface area (Å²) in [5, 5.41) is 0.936. The van der Waals surface area contributed by atoms with Gasteiger partial charge >= 0.3 is 5.97 Å². The highest BCUT2D eigenvalue weighted by molar-refractivity contribution is 6.35. The number of ether oxygens (including phenoxy) is 1. The van der Waals surface area contributed by atoms with Crippen molar-refractivity contribution in [2.24, 2.45) is 0 Å². The molecule has 0 spiro atoms. The zero-order chi connectivity index (χ0) is 20.7. The fourth-order valence-corrected chi connectivity index (χ4v) is 2.99. The molecule has 0 aliphatic carbocycles. The molecule has 0 bridgehead atoms. The highest BCUT2D eigenvalue weighted by Crippen LogP contribution is 2.22. The van der Waals surface area contributed by atoms with E-state index < -0.39 is 11.5 Å². The van der Waals surface area contributed by atoms with E-state index in [-0.39, 0.29) is 12.5 Å². The zero-order valence-electron chi connectivity index (χ0n) is 16.1. The number of hydrogen-bond donors (Lipinski definition) is 0. The number of esters is 1. The van der Waals surface area contributed by atoms with E-state index in [1.807, 2.05) is 51.1 Å². The molecular weight excluding hydrogens is 397 g/mol. The second-order valence-corrected chi connectivity index (χ2v) is 8.09. The lowest BCUT2D eigenvalue weighted by Crippen LogP contribution is -2.46. The van der Waals surface area contributed by atoms with Crippen LogP contribution in [0.3, 0.4) is 0 Å². The summed E-state index contributed by atoms with van der Waals surface area (Å²) >= 11 is 11.9. The van der Waals surface area contributed by atoms with E-state index in [1.54, 1.807) is 23.1 Å². The lowest BCUT2D eigenvalue weighted by Gasteiger charge is -2.35. The van der Waals surface area contributed by atoms with Crippen LogP contribution in [0.5, 0.6) is 0 Å². The van der Waals surface area contributed by atoms with Crippen LogP contribution in [0.25, 0.3) is 6.08 Å². The van der Waals surface area contributed by atoms with Crippen LogP contribution in [0.4, 0.5) is 0 Å². The summed E-state index contributed by atoms with van der Waals surface area (Å²) in [5.41, 5.74) is 1.23. The van der Waals surface area contributed by atoms with Gasteiger partial charge in [-0.3, -0.25) is 4.79 Å². The topological polar surface area (TPSA) is 46.6 Å². The van der Waals surface area contributed by atoms with Gasteiger partial charge in [0, 0.05) is 28.2 Å². The lowest BCUT2D eigenvalue weighted by atomic mass is 10.0. The summed E-state index contributed by atoms with van der Waals surface area (Å²) in [4.78, 5) is 26.3. The van der Waals surface area contributed by atoms with Crippen molar-refractivity contribution >= 4 is 41.2 Å². The van der Waals surface area contributed by atoms with Gasteiger partial charge in [-0.1, -0.05) is 59.6 Å². The first-order valence-corrected chi connectivity index (χ1v) is 9.56. The molecule has 28 heavy (non-hydrogen) atoms. The Morgan fingerprint density at radius 1 is 1.07 bits per heavy atom. The maximum atomic E-state index is 12.7. The molecule has 1 amide bonds. The monoisotopic (exact) mass is 419 g/mol. The SMILES string of the molecule is CC(C)(C)N(Cc1ccccc1)C(=O)COC(=O)C=Cc1ccc(Cl)cc1Cl. The van der Waals surface area contributed by atoms with Crippen molar-refractivity contribution in [3.63, 3.8) is 0 Å². The highest BCUT2D eigenvalue weighted by atomic mass is 35.5. The first-order chi connectivity index (χ1) is 13.2. The number of nitrogens with zero attached hydrogens (tertiary/aromatic N) is 1. The predicted molar refractivity (Wildman–Crippen MR) is 113 cm³/mol. The number of carbonyl (C=O) groups excluding carboxylic acids is 2. The number of carbonyl (C=O) groups is 2. The van der Waals surface area contributed by atoms with Crippen molar-refractivity contribution in [2.75, 3.05) is 6.61 Å². The first-order valence-electron chi connectivity index (χ1n) is 8.81. The Kier molecular flexibility index (Phi) is 7.67. The maximum Gasteiger partial charge on any atom is 0.331 e. The van der Waals surface area contributed by atoms with Gasteiger partial charge < -0.3 is 9.64 Å². The van der Waals surface area contributed by atoms with Gasteiger partial charge in [-0.25, -0.2) is 4.79 Å². The molecule has 0 aliphatic rings. The van der Waals surface area contributed by atoms with E-state index in [0.29, 0.717) is 22.2 Å². The third-order valence-corrected chi connectivity index (χ3v) is 4.56. The van der Waals surface area contributed by atoms with E-state index in [1.165, 1.54) is 12.2 Å². The highest BCUT2D eigenvalue weighted by Gasteiger charge is 2.27. The van der Waals surface area contributed by atoms with Crippen molar-refractivity contribution in [1.29, 1.82) is 0 Å². The number of hydrogen-bond acceptors (Lipinski definition) is 3. The number of amides is 1. The minimum Gasteiger partial charge on any atom is -0.452 e. The predicted octanol–water partition coefficient (Wildman–Crippen LogP) is 5.38. The quantitative estimate of drug-likeness (QED) is 0.466. The summed E-state index contributed by atoms with van der Waals surface area (Å²) in [5.74, 6) is -0.879. The second kappa shape index (κ2) is 9.76. The van der Waals surface area contributed by atoms with Crippen molar-refractivity contribution in [2.45, 2.75) is 32.9 Å². The fraction of sp³-hybridized carbons (Fsp3) is 0.273. The molecule has 2 aromatic carbocycles. The Morgan fingerprint density at radius 3 is 2.36 bits per heavy atom. The summed E-state index contributed by atoms with van der Waals surface area (Å²) in [6.07, 6.45) is 2.76. The van der Waals surface area contributed by atoms with Crippen LogP contribution in [-0.4, -0.2) is 28.9 Å². The molecule has 6 heteroatoms. The van der Waals surface area contributed by atoms with Gasteiger partial charge in [0.2, 0.25) is 0 Å². The third-order valence-electron chi connectivity index (χ3n) is 3.99. The Balaban J connectivity index is 1.97. The largest absolute Gasteiger partial charge is 0.452 e. The minimum absolute atomic E-state index is 0.261. The molecule has 0 atom stereocenters. The average molecular weight is 420 g/mol. The third kappa shape index (κ3) is 6.70. The molecule has 0 unspecified atom stereocenters. The molecule has 0 N–H and O–H groups in total. The van der Waals surface area contributed by atoms with Gasteiger partial charge in [0.05, 0.1) is 0 Å². The number of rotatable bonds is 6. The van der Waals surface area contributed by atoms with Crippen molar-refractivity contribution in [3.05, 3.63) is 75.8 Å². The van der Waals surface area contributed by atoms with Crippen LogP contribution >= 0.6 is 23.2 Å². The molecule has 0 saturated carbocycles. The molecule has 0 aliphatic heterocycles. The molecule has 0 aromatic heterocycles. The minimum atomic E-state index is -0.618. The Bertz CT molecular complexity index is 858. The van der Waals surface area contributed by atoms with Crippen LogP contribution < -0.4 is 0 Å². The van der Waals surface area contributed by atoms with Crippen LogP contribution in [0, 0.1) is 0 Å². The van der Waals surface area contributed by atoms with E-state index in [9.17, 15) is 9.59 Å². The number of halogens is 2. The second-order valence-electron chi connectivity index (χ2n) is 7.24. The Morgan fingerprint density at radius 2 is 1.75 bits per heavy atom. The Labute approximate surface area is 175 Å². The van der Waals surface area contributed by atoms with Crippen molar-refractivity contribution in [3.8, 4) is 0 Å². The van der Waals surface area contributed by atoms with Gasteiger partial charge in [-0.2, -0.15) is 0 Å². The van der Waals surface area contributed by atoms with Crippen LogP contribution in [0.2, 0.25) is 10.0 Å². The van der Waals surface area contributed by atoms with Crippen molar-refractivity contribution < 1.29 is 14.3 Å². The normalized spacial score (nSPS) is 11.5. The summed E-state index contributed by atoms with van der Waals surface area (Å²) < 4.78 is 5.12.